The Morgan fingerprint density at radius 1 is 0.893 bits per heavy atom. The van der Waals surface area contributed by atoms with Crippen LogP contribution in [0.25, 0.3) is 10.9 Å². The van der Waals surface area contributed by atoms with Crippen LogP contribution >= 0.6 is 0 Å². The second kappa shape index (κ2) is 8.04. The number of carbonyl (C=O) groups excluding carboxylic acids is 2. The van der Waals surface area contributed by atoms with Gasteiger partial charge in [-0.2, -0.15) is 0 Å². The summed E-state index contributed by atoms with van der Waals surface area (Å²) < 4.78 is 10.9. The Balaban J connectivity index is 1.22. The summed E-state index contributed by atoms with van der Waals surface area (Å²) in [4.78, 5) is 27.6. The first-order valence-corrected chi connectivity index (χ1v) is 9.24. The van der Waals surface area contributed by atoms with E-state index >= 15 is 0 Å². The molecular weight excluding hydrogens is 358 g/mol. The van der Waals surface area contributed by atoms with E-state index in [1.54, 1.807) is 18.2 Å². The number of fused-ring (bicyclic) bond motifs is 2. The fourth-order valence-electron chi connectivity index (χ4n) is 3.07. The fourth-order valence-corrected chi connectivity index (χ4v) is 3.07. The molecule has 144 valence electrons. The zero-order valence-electron chi connectivity index (χ0n) is 15.3. The number of amides is 2. The molecule has 7 heteroatoms. The third-order valence-corrected chi connectivity index (χ3v) is 4.50. The molecule has 3 N–H and O–H groups in total. The third kappa shape index (κ3) is 3.93. The molecular formula is C21H21N3O4. The molecule has 1 aliphatic heterocycles. The standard InChI is InChI=1S/C21H21N3O4/c25-20(15-6-7-18-19(13-15)28-11-10-27-18)22-8-3-9-23-21(26)17-12-14-4-1-2-5-16(14)24-17/h1-2,4-7,12-13,24H,3,8-11H2,(H,22,25)(H,23,26). The van der Waals surface area contributed by atoms with E-state index < -0.39 is 0 Å². The van der Waals surface area contributed by atoms with Gasteiger partial charge in [0.15, 0.2) is 11.5 Å². The molecule has 0 saturated heterocycles. The number of para-hydroxylation sites is 1. The van der Waals surface area contributed by atoms with E-state index in [0.29, 0.717) is 55.5 Å². The molecule has 1 aromatic heterocycles. The highest BCUT2D eigenvalue weighted by Crippen LogP contribution is 2.30. The maximum atomic E-state index is 12.2. The molecule has 0 spiro atoms. The highest BCUT2D eigenvalue weighted by Gasteiger charge is 2.14. The molecule has 3 aromatic rings. The van der Waals surface area contributed by atoms with Gasteiger partial charge in [0.1, 0.15) is 18.9 Å². The average Bonchev–Trinajstić information content (AvgIpc) is 3.17. The molecule has 0 unspecified atom stereocenters. The Bertz CT molecular complexity index is 979. The molecule has 1 aliphatic rings. The van der Waals surface area contributed by atoms with Gasteiger partial charge < -0.3 is 25.1 Å². The minimum Gasteiger partial charge on any atom is -0.486 e. The Kier molecular flexibility index (Phi) is 5.14. The maximum absolute atomic E-state index is 12.2. The van der Waals surface area contributed by atoms with Gasteiger partial charge in [-0.15, -0.1) is 0 Å². The van der Waals surface area contributed by atoms with Gasteiger partial charge in [-0.25, -0.2) is 0 Å². The van der Waals surface area contributed by atoms with Crippen molar-refractivity contribution in [2.75, 3.05) is 26.3 Å². The molecule has 0 fully saturated rings. The lowest BCUT2D eigenvalue weighted by molar-refractivity contribution is 0.0948. The molecule has 2 heterocycles. The first kappa shape index (κ1) is 17.9. The van der Waals surface area contributed by atoms with Gasteiger partial charge in [-0.05, 0) is 36.8 Å². The third-order valence-electron chi connectivity index (χ3n) is 4.50. The lowest BCUT2D eigenvalue weighted by atomic mass is 10.2. The Hall–Kier alpha value is -3.48. The lowest BCUT2D eigenvalue weighted by Gasteiger charge is -2.18. The second-order valence-corrected chi connectivity index (χ2v) is 6.49. The smallest absolute Gasteiger partial charge is 0.267 e. The molecule has 0 bridgehead atoms. The minimum atomic E-state index is -0.182. The maximum Gasteiger partial charge on any atom is 0.267 e. The average molecular weight is 379 g/mol. The predicted molar refractivity (Wildman–Crippen MR) is 105 cm³/mol. The van der Waals surface area contributed by atoms with Crippen LogP contribution < -0.4 is 20.1 Å². The van der Waals surface area contributed by atoms with E-state index in [1.807, 2.05) is 30.3 Å². The van der Waals surface area contributed by atoms with Gasteiger partial charge in [0.2, 0.25) is 0 Å². The molecule has 0 radical (unpaired) electrons. The minimum absolute atomic E-state index is 0.158. The highest BCUT2D eigenvalue weighted by molar-refractivity contribution is 5.98. The largest absolute Gasteiger partial charge is 0.486 e. The summed E-state index contributed by atoms with van der Waals surface area (Å²) in [5, 5.41) is 6.70. The number of rotatable bonds is 6. The molecule has 0 saturated carbocycles. The predicted octanol–water partition coefficient (Wildman–Crippen LogP) is 2.49. The summed E-state index contributed by atoms with van der Waals surface area (Å²) in [5.74, 6) is 0.903. The topological polar surface area (TPSA) is 92.5 Å². The number of ether oxygens (including phenoxy) is 2. The first-order valence-electron chi connectivity index (χ1n) is 9.24. The van der Waals surface area contributed by atoms with E-state index in [1.165, 1.54) is 0 Å². The van der Waals surface area contributed by atoms with E-state index in [0.717, 1.165) is 10.9 Å². The number of benzene rings is 2. The zero-order chi connectivity index (χ0) is 19.3. The Morgan fingerprint density at radius 3 is 2.46 bits per heavy atom. The van der Waals surface area contributed by atoms with E-state index in [2.05, 4.69) is 15.6 Å². The van der Waals surface area contributed by atoms with Crippen molar-refractivity contribution < 1.29 is 19.1 Å². The quantitative estimate of drug-likeness (QED) is 0.574. The van der Waals surface area contributed by atoms with Crippen LogP contribution in [-0.2, 0) is 0 Å². The van der Waals surface area contributed by atoms with Crippen molar-refractivity contribution in [3.05, 3.63) is 59.8 Å². The number of aromatic amines is 1. The zero-order valence-corrected chi connectivity index (χ0v) is 15.3. The summed E-state index contributed by atoms with van der Waals surface area (Å²) >= 11 is 0. The van der Waals surface area contributed by atoms with Gasteiger partial charge in [-0.1, -0.05) is 18.2 Å². The molecule has 0 aliphatic carbocycles. The summed E-state index contributed by atoms with van der Waals surface area (Å²) in [6.07, 6.45) is 0.627. The van der Waals surface area contributed by atoms with E-state index in [-0.39, 0.29) is 11.8 Å². The van der Waals surface area contributed by atoms with Gasteiger partial charge in [-0.3, -0.25) is 9.59 Å². The van der Waals surface area contributed by atoms with Crippen LogP contribution in [0.3, 0.4) is 0 Å². The summed E-state index contributed by atoms with van der Waals surface area (Å²) in [6.45, 7) is 1.92. The summed E-state index contributed by atoms with van der Waals surface area (Å²) in [7, 11) is 0. The lowest BCUT2D eigenvalue weighted by Crippen LogP contribution is -2.30. The van der Waals surface area contributed by atoms with Crippen LogP contribution in [0.4, 0.5) is 0 Å². The van der Waals surface area contributed by atoms with Crippen LogP contribution in [0, 0.1) is 0 Å². The van der Waals surface area contributed by atoms with Crippen molar-refractivity contribution in [1.29, 1.82) is 0 Å². The van der Waals surface area contributed by atoms with Crippen molar-refractivity contribution in [3.8, 4) is 11.5 Å². The molecule has 7 nitrogen and oxygen atoms in total. The molecule has 2 aromatic carbocycles. The van der Waals surface area contributed by atoms with Crippen molar-refractivity contribution in [3.63, 3.8) is 0 Å². The summed E-state index contributed by atoms with van der Waals surface area (Å²) in [6, 6.07) is 14.7. The normalized spacial score (nSPS) is 12.6. The molecule has 4 rings (SSSR count). The van der Waals surface area contributed by atoms with Crippen LogP contribution in [0.1, 0.15) is 27.3 Å². The van der Waals surface area contributed by atoms with Crippen LogP contribution in [-0.4, -0.2) is 43.1 Å². The van der Waals surface area contributed by atoms with Gasteiger partial charge in [0.25, 0.3) is 11.8 Å². The number of nitrogens with one attached hydrogen (secondary N) is 3. The van der Waals surface area contributed by atoms with Crippen LogP contribution in [0.5, 0.6) is 11.5 Å². The number of hydrogen-bond donors (Lipinski definition) is 3. The summed E-state index contributed by atoms with van der Waals surface area (Å²) in [5.41, 5.74) is 1.98. The van der Waals surface area contributed by atoms with Gasteiger partial charge in [0, 0.05) is 29.6 Å². The highest BCUT2D eigenvalue weighted by atomic mass is 16.6. The Labute approximate surface area is 162 Å². The van der Waals surface area contributed by atoms with Crippen molar-refractivity contribution in [2.24, 2.45) is 0 Å². The Morgan fingerprint density at radius 2 is 1.64 bits per heavy atom. The van der Waals surface area contributed by atoms with E-state index in [9.17, 15) is 9.59 Å². The van der Waals surface area contributed by atoms with Gasteiger partial charge in [0.05, 0.1) is 0 Å². The second-order valence-electron chi connectivity index (χ2n) is 6.49. The SMILES string of the molecule is O=C(NCCCNC(=O)c1cc2ccccc2[nH]1)c1ccc2c(c1)OCCO2. The molecule has 2 amide bonds. The number of carbonyl (C=O) groups is 2. The van der Waals surface area contributed by atoms with Crippen LogP contribution in [0.15, 0.2) is 48.5 Å². The van der Waals surface area contributed by atoms with E-state index in [4.69, 9.17) is 9.47 Å². The number of aromatic nitrogens is 1. The fraction of sp³-hybridized carbons (Fsp3) is 0.238. The number of hydrogen-bond acceptors (Lipinski definition) is 4. The molecule has 28 heavy (non-hydrogen) atoms. The van der Waals surface area contributed by atoms with Crippen molar-refractivity contribution in [1.82, 2.24) is 15.6 Å². The monoisotopic (exact) mass is 379 g/mol. The van der Waals surface area contributed by atoms with Gasteiger partial charge >= 0.3 is 0 Å². The number of H-pyrrole nitrogens is 1. The first-order chi connectivity index (χ1) is 13.7. The van der Waals surface area contributed by atoms with Crippen molar-refractivity contribution >= 4 is 22.7 Å². The molecule has 0 atom stereocenters. The van der Waals surface area contributed by atoms with Crippen LogP contribution in [0.2, 0.25) is 0 Å². The van der Waals surface area contributed by atoms with Crippen molar-refractivity contribution in [2.45, 2.75) is 6.42 Å².